The molecule has 0 atom stereocenters. The van der Waals surface area contributed by atoms with E-state index in [1.165, 1.54) is 19.2 Å². The topological polar surface area (TPSA) is 121 Å². The number of aromatic nitrogens is 2. The summed E-state index contributed by atoms with van der Waals surface area (Å²) < 4.78 is 31.3. The van der Waals surface area contributed by atoms with Crippen molar-refractivity contribution in [2.24, 2.45) is 0 Å². The highest BCUT2D eigenvalue weighted by Crippen LogP contribution is 2.19. The summed E-state index contributed by atoms with van der Waals surface area (Å²) in [6, 6.07) is 6.19. The predicted octanol–water partition coefficient (Wildman–Crippen LogP) is -0.127. The zero-order chi connectivity index (χ0) is 14.8. The molecule has 2 rings (SSSR count). The molecule has 0 aliphatic heterocycles. The molecule has 0 aliphatic carbocycles. The van der Waals surface area contributed by atoms with Crippen LogP contribution in [0.1, 0.15) is 0 Å². The fourth-order valence-corrected chi connectivity index (χ4v) is 2.55. The Labute approximate surface area is 113 Å². The second kappa shape index (κ2) is 5.21. The van der Waals surface area contributed by atoms with Crippen LogP contribution in [0.5, 0.6) is 5.75 Å². The summed E-state index contributed by atoms with van der Waals surface area (Å²) >= 11 is 0. The number of benzene rings is 1. The van der Waals surface area contributed by atoms with Gasteiger partial charge in [0.2, 0.25) is 0 Å². The van der Waals surface area contributed by atoms with Crippen LogP contribution in [0.15, 0.2) is 44.9 Å². The zero-order valence-electron chi connectivity index (χ0n) is 10.3. The number of methoxy groups -OCH3 is 1. The molecular formula is C11H11N3O5S. The van der Waals surface area contributed by atoms with Crippen molar-refractivity contribution < 1.29 is 13.2 Å². The molecule has 0 spiro atoms. The predicted molar refractivity (Wildman–Crippen MR) is 71.5 cm³/mol. The van der Waals surface area contributed by atoms with Crippen LogP contribution in [-0.2, 0) is 10.0 Å². The average molecular weight is 297 g/mol. The largest absolute Gasteiger partial charge is 0.497 e. The molecule has 106 valence electrons. The Balaban J connectivity index is 2.40. The first-order valence-electron chi connectivity index (χ1n) is 5.41. The summed E-state index contributed by atoms with van der Waals surface area (Å²) in [7, 11) is -2.66. The van der Waals surface area contributed by atoms with Crippen LogP contribution in [0.3, 0.4) is 0 Å². The van der Waals surface area contributed by atoms with Crippen molar-refractivity contribution in [1.82, 2.24) is 9.97 Å². The molecule has 1 aromatic carbocycles. The summed E-state index contributed by atoms with van der Waals surface area (Å²) in [5, 5.41) is 0. The molecule has 1 heterocycles. The molecule has 0 fully saturated rings. The third-order valence-corrected chi connectivity index (χ3v) is 3.78. The molecule has 9 heteroatoms. The van der Waals surface area contributed by atoms with Gasteiger partial charge < -0.3 is 9.72 Å². The van der Waals surface area contributed by atoms with Gasteiger partial charge in [0.1, 0.15) is 5.75 Å². The van der Waals surface area contributed by atoms with Gasteiger partial charge in [-0.2, -0.15) is 0 Å². The lowest BCUT2D eigenvalue weighted by Crippen LogP contribution is -2.29. The fraction of sp³-hybridized carbons (Fsp3) is 0.0909. The van der Waals surface area contributed by atoms with E-state index in [0.29, 0.717) is 5.75 Å². The maximum atomic E-state index is 12.0. The van der Waals surface area contributed by atoms with Crippen molar-refractivity contribution in [1.29, 1.82) is 0 Å². The first-order chi connectivity index (χ1) is 9.42. The zero-order valence-corrected chi connectivity index (χ0v) is 11.2. The first kappa shape index (κ1) is 13.9. The van der Waals surface area contributed by atoms with Crippen LogP contribution in [0.2, 0.25) is 0 Å². The van der Waals surface area contributed by atoms with E-state index < -0.39 is 26.2 Å². The molecule has 0 unspecified atom stereocenters. The SMILES string of the molecule is COc1cccc(NS(=O)(=O)c2c[nH]c(=O)[nH]c2=O)c1. The Kier molecular flexibility index (Phi) is 3.61. The fourth-order valence-electron chi connectivity index (χ4n) is 1.49. The van der Waals surface area contributed by atoms with Gasteiger partial charge in [0.05, 0.1) is 12.8 Å². The number of H-pyrrole nitrogens is 2. The Morgan fingerprint density at radius 1 is 1.25 bits per heavy atom. The molecule has 20 heavy (non-hydrogen) atoms. The minimum Gasteiger partial charge on any atom is -0.497 e. The maximum absolute atomic E-state index is 12.0. The van der Waals surface area contributed by atoms with Gasteiger partial charge in [-0.3, -0.25) is 14.5 Å². The summed E-state index contributed by atoms with van der Waals surface area (Å²) in [6.45, 7) is 0. The second-order valence-corrected chi connectivity index (χ2v) is 5.42. The monoisotopic (exact) mass is 297 g/mol. The van der Waals surface area contributed by atoms with E-state index in [0.717, 1.165) is 6.20 Å². The Morgan fingerprint density at radius 2 is 2.00 bits per heavy atom. The quantitative estimate of drug-likeness (QED) is 0.726. The van der Waals surface area contributed by atoms with Crippen molar-refractivity contribution in [3.05, 3.63) is 51.3 Å². The Hall–Kier alpha value is -2.55. The van der Waals surface area contributed by atoms with E-state index in [4.69, 9.17) is 4.74 Å². The molecule has 8 nitrogen and oxygen atoms in total. The number of aromatic amines is 2. The number of hydrogen-bond donors (Lipinski definition) is 3. The van der Waals surface area contributed by atoms with Crippen LogP contribution in [0, 0.1) is 0 Å². The molecular weight excluding hydrogens is 286 g/mol. The van der Waals surface area contributed by atoms with Gasteiger partial charge in [-0.05, 0) is 12.1 Å². The van der Waals surface area contributed by atoms with E-state index in [1.807, 2.05) is 4.98 Å². The van der Waals surface area contributed by atoms with Crippen LogP contribution < -0.4 is 20.7 Å². The summed E-state index contributed by atoms with van der Waals surface area (Å²) in [5.74, 6) is 0.459. The molecule has 0 saturated carbocycles. The summed E-state index contributed by atoms with van der Waals surface area (Å²) in [6.07, 6.45) is 0.837. The van der Waals surface area contributed by atoms with Gasteiger partial charge in [0, 0.05) is 12.3 Å². The minimum absolute atomic E-state index is 0.231. The maximum Gasteiger partial charge on any atom is 0.325 e. The number of ether oxygens (including phenoxy) is 1. The molecule has 2 aromatic rings. The van der Waals surface area contributed by atoms with Crippen molar-refractivity contribution >= 4 is 15.7 Å². The van der Waals surface area contributed by atoms with Crippen molar-refractivity contribution in [3.8, 4) is 5.75 Å². The number of hydrogen-bond acceptors (Lipinski definition) is 5. The lowest BCUT2D eigenvalue weighted by molar-refractivity contribution is 0.415. The number of anilines is 1. The highest BCUT2D eigenvalue weighted by atomic mass is 32.2. The van der Waals surface area contributed by atoms with Crippen LogP contribution in [-0.4, -0.2) is 25.5 Å². The third-order valence-electron chi connectivity index (χ3n) is 2.40. The smallest absolute Gasteiger partial charge is 0.325 e. The van der Waals surface area contributed by atoms with Gasteiger partial charge in [-0.15, -0.1) is 0 Å². The molecule has 0 saturated heterocycles. The van der Waals surface area contributed by atoms with Gasteiger partial charge in [-0.25, -0.2) is 13.2 Å². The van der Waals surface area contributed by atoms with Crippen molar-refractivity contribution in [2.45, 2.75) is 4.90 Å². The summed E-state index contributed by atoms with van der Waals surface area (Å²) in [4.78, 5) is 25.7. The number of sulfonamides is 1. The van der Waals surface area contributed by atoms with Crippen LogP contribution in [0.25, 0.3) is 0 Å². The van der Waals surface area contributed by atoms with Gasteiger partial charge in [0.15, 0.2) is 4.90 Å². The van der Waals surface area contributed by atoms with Gasteiger partial charge in [0.25, 0.3) is 15.6 Å². The standard InChI is InChI=1S/C11H11N3O5S/c1-19-8-4-2-3-7(5-8)14-20(17,18)9-6-12-11(16)13-10(9)15/h2-6,14H,1H3,(H2,12,13,15,16). The number of nitrogens with one attached hydrogen (secondary N) is 3. The van der Waals surface area contributed by atoms with Crippen molar-refractivity contribution in [2.75, 3.05) is 11.8 Å². The molecule has 0 bridgehead atoms. The van der Waals surface area contributed by atoms with E-state index >= 15 is 0 Å². The number of rotatable bonds is 4. The van der Waals surface area contributed by atoms with E-state index in [-0.39, 0.29) is 5.69 Å². The third kappa shape index (κ3) is 2.88. The molecule has 0 radical (unpaired) electrons. The minimum atomic E-state index is -4.11. The molecule has 1 aromatic heterocycles. The Morgan fingerprint density at radius 3 is 2.65 bits per heavy atom. The van der Waals surface area contributed by atoms with E-state index in [2.05, 4.69) is 9.71 Å². The van der Waals surface area contributed by atoms with Crippen molar-refractivity contribution in [3.63, 3.8) is 0 Å². The van der Waals surface area contributed by atoms with Crippen LogP contribution >= 0.6 is 0 Å². The highest BCUT2D eigenvalue weighted by molar-refractivity contribution is 7.92. The van der Waals surface area contributed by atoms with Crippen LogP contribution in [0.4, 0.5) is 5.69 Å². The van der Waals surface area contributed by atoms with E-state index in [9.17, 15) is 18.0 Å². The normalized spacial score (nSPS) is 11.1. The molecule has 0 aliphatic rings. The highest BCUT2D eigenvalue weighted by Gasteiger charge is 2.19. The molecule has 0 amide bonds. The second-order valence-electron chi connectivity index (χ2n) is 3.77. The first-order valence-corrected chi connectivity index (χ1v) is 6.89. The molecule has 3 N–H and O–H groups in total. The van der Waals surface area contributed by atoms with Gasteiger partial charge in [-0.1, -0.05) is 6.07 Å². The lowest BCUT2D eigenvalue weighted by Gasteiger charge is -2.08. The van der Waals surface area contributed by atoms with E-state index in [1.54, 1.807) is 12.1 Å². The average Bonchev–Trinajstić information content (AvgIpc) is 2.37. The van der Waals surface area contributed by atoms with Gasteiger partial charge >= 0.3 is 5.69 Å². The summed E-state index contributed by atoms with van der Waals surface area (Å²) in [5.41, 5.74) is -1.55. The lowest BCUT2D eigenvalue weighted by atomic mass is 10.3. The Bertz CT molecular complexity index is 837.